The molecule has 2 heterocycles. The zero-order valence-corrected chi connectivity index (χ0v) is 20.3. The number of ether oxygens (including phenoxy) is 1. The average Bonchev–Trinajstić information content (AvgIpc) is 3.38. The quantitative estimate of drug-likeness (QED) is 0.346. The molecule has 7 heteroatoms. The van der Waals surface area contributed by atoms with Gasteiger partial charge in [-0.05, 0) is 74.6 Å². The van der Waals surface area contributed by atoms with Gasteiger partial charge < -0.3 is 10.1 Å². The van der Waals surface area contributed by atoms with Gasteiger partial charge in [0.05, 0.1) is 41.6 Å². The first-order valence-corrected chi connectivity index (χ1v) is 12.1. The van der Waals surface area contributed by atoms with Crippen molar-refractivity contribution in [3.8, 4) is 5.69 Å². The SMILES string of the molecule is CCOC(=O)CC1CCc2cc(NCc3cccc(-n4c(C)nc5ccc(F)cc54)c3C)cnc21. The Morgan fingerprint density at radius 2 is 2.09 bits per heavy atom. The summed E-state index contributed by atoms with van der Waals surface area (Å²) in [6.07, 6.45) is 4.07. The highest BCUT2D eigenvalue weighted by atomic mass is 19.1. The molecule has 0 saturated heterocycles. The topological polar surface area (TPSA) is 69.0 Å². The molecule has 5 rings (SSSR count). The van der Waals surface area contributed by atoms with Gasteiger partial charge in [0.15, 0.2) is 0 Å². The molecule has 0 bridgehead atoms. The molecule has 1 aliphatic carbocycles. The third kappa shape index (κ3) is 4.50. The number of aryl methyl sites for hydroxylation is 2. The molecular formula is C28H29FN4O2. The predicted octanol–water partition coefficient (Wildman–Crippen LogP) is 5.77. The van der Waals surface area contributed by atoms with Crippen LogP contribution in [0.3, 0.4) is 0 Å². The minimum Gasteiger partial charge on any atom is -0.466 e. The third-order valence-electron chi connectivity index (χ3n) is 6.79. The van der Waals surface area contributed by atoms with Crippen LogP contribution in [0.2, 0.25) is 0 Å². The lowest BCUT2D eigenvalue weighted by molar-refractivity contribution is -0.143. The summed E-state index contributed by atoms with van der Waals surface area (Å²) in [4.78, 5) is 21.2. The monoisotopic (exact) mass is 472 g/mol. The lowest BCUT2D eigenvalue weighted by Gasteiger charge is -2.16. The standard InChI is InChI=1S/C28H29FN4O2/c1-4-35-27(34)13-20-9-8-19-12-23(16-31-28(19)20)30-15-21-6-5-7-25(17(21)2)33-18(3)32-24-11-10-22(29)14-26(24)33/h5-7,10-12,14,16,20,30H,4,8-9,13,15H2,1-3H3. The number of aromatic nitrogens is 3. The molecule has 0 aliphatic heterocycles. The minimum absolute atomic E-state index is 0.134. The summed E-state index contributed by atoms with van der Waals surface area (Å²) < 4.78 is 21.1. The van der Waals surface area contributed by atoms with E-state index in [2.05, 4.69) is 34.3 Å². The average molecular weight is 473 g/mol. The highest BCUT2D eigenvalue weighted by molar-refractivity contribution is 5.79. The molecule has 2 aromatic carbocycles. The van der Waals surface area contributed by atoms with Crippen molar-refractivity contribution in [2.45, 2.75) is 52.5 Å². The Labute approximate surface area is 204 Å². The number of nitrogens with zero attached hydrogens (tertiary/aromatic N) is 3. The van der Waals surface area contributed by atoms with Crippen LogP contribution in [0.15, 0.2) is 48.7 Å². The molecule has 2 aromatic heterocycles. The maximum atomic E-state index is 14.0. The molecule has 0 amide bonds. The first-order chi connectivity index (χ1) is 16.9. The summed E-state index contributed by atoms with van der Waals surface area (Å²) in [5.74, 6) is 0.519. The number of imidazole rings is 1. The van der Waals surface area contributed by atoms with E-state index in [-0.39, 0.29) is 17.7 Å². The summed E-state index contributed by atoms with van der Waals surface area (Å²) in [5.41, 5.74) is 7.93. The zero-order valence-electron chi connectivity index (χ0n) is 20.3. The van der Waals surface area contributed by atoms with E-state index < -0.39 is 0 Å². The van der Waals surface area contributed by atoms with Crippen molar-refractivity contribution in [1.29, 1.82) is 0 Å². The lowest BCUT2D eigenvalue weighted by atomic mass is 10.0. The van der Waals surface area contributed by atoms with Crippen LogP contribution >= 0.6 is 0 Å². The van der Waals surface area contributed by atoms with Gasteiger partial charge in [0, 0.05) is 24.2 Å². The van der Waals surface area contributed by atoms with Crippen molar-refractivity contribution < 1.29 is 13.9 Å². The fraction of sp³-hybridized carbons (Fsp3) is 0.321. The van der Waals surface area contributed by atoms with Gasteiger partial charge >= 0.3 is 5.97 Å². The molecule has 0 radical (unpaired) electrons. The number of esters is 1. The van der Waals surface area contributed by atoms with E-state index in [0.717, 1.165) is 57.9 Å². The van der Waals surface area contributed by atoms with Crippen LogP contribution in [0, 0.1) is 19.7 Å². The number of anilines is 1. The van der Waals surface area contributed by atoms with Crippen LogP contribution in [0.25, 0.3) is 16.7 Å². The molecule has 1 aliphatic rings. The minimum atomic E-state index is -0.275. The predicted molar refractivity (Wildman–Crippen MR) is 134 cm³/mol. The van der Waals surface area contributed by atoms with Crippen LogP contribution in [0.5, 0.6) is 0 Å². The number of hydrogen-bond acceptors (Lipinski definition) is 5. The van der Waals surface area contributed by atoms with Crippen molar-refractivity contribution in [1.82, 2.24) is 14.5 Å². The highest BCUT2D eigenvalue weighted by Crippen LogP contribution is 2.35. The Morgan fingerprint density at radius 3 is 2.91 bits per heavy atom. The molecule has 1 atom stereocenters. The van der Waals surface area contributed by atoms with Gasteiger partial charge in [-0.25, -0.2) is 9.37 Å². The van der Waals surface area contributed by atoms with E-state index in [1.807, 2.05) is 36.7 Å². The second-order valence-corrected chi connectivity index (χ2v) is 9.06. The van der Waals surface area contributed by atoms with Gasteiger partial charge in [-0.15, -0.1) is 0 Å². The summed E-state index contributed by atoms with van der Waals surface area (Å²) in [5, 5.41) is 3.50. The van der Waals surface area contributed by atoms with E-state index in [9.17, 15) is 9.18 Å². The van der Waals surface area contributed by atoms with Crippen molar-refractivity contribution in [3.63, 3.8) is 0 Å². The summed E-state index contributed by atoms with van der Waals surface area (Å²) in [6, 6.07) is 13.0. The number of rotatable bonds is 7. The second-order valence-electron chi connectivity index (χ2n) is 9.06. The number of pyridine rings is 1. The maximum absolute atomic E-state index is 14.0. The van der Waals surface area contributed by atoms with Crippen molar-refractivity contribution in [2.24, 2.45) is 0 Å². The van der Waals surface area contributed by atoms with Gasteiger partial charge in [-0.2, -0.15) is 0 Å². The highest BCUT2D eigenvalue weighted by Gasteiger charge is 2.27. The Bertz CT molecular complexity index is 1410. The number of hydrogen-bond donors (Lipinski definition) is 1. The van der Waals surface area contributed by atoms with Crippen LogP contribution < -0.4 is 5.32 Å². The normalized spacial score (nSPS) is 14.8. The van der Waals surface area contributed by atoms with Gasteiger partial charge in [0.1, 0.15) is 11.6 Å². The van der Waals surface area contributed by atoms with Crippen LogP contribution in [0.1, 0.15) is 53.9 Å². The molecule has 6 nitrogen and oxygen atoms in total. The van der Waals surface area contributed by atoms with Crippen LogP contribution in [-0.2, 0) is 22.5 Å². The first kappa shape index (κ1) is 23.0. The second kappa shape index (κ2) is 9.49. The van der Waals surface area contributed by atoms with Gasteiger partial charge in [0.2, 0.25) is 0 Å². The van der Waals surface area contributed by atoms with Crippen LogP contribution in [-0.4, -0.2) is 27.1 Å². The van der Waals surface area contributed by atoms with Gasteiger partial charge in [-0.3, -0.25) is 14.3 Å². The molecule has 0 spiro atoms. The summed E-state index contributed by atoms with van der Waals surface area (Å²) in [7, 11) is 0. The number of benzene rings is 2. The van der Waals surface area contributed by atoms with Gasteiger partial charge in [0.25, 0.3) is 0 Å². The molecule has 180 valence electrons. The van der Waals surface area contributed by atoms with Crippen LogP contribution in [0.4, 0.5) is 10.1 Å². The van der Waals surface area contributed by atoms with E-state index in [4.69, 9.17) is 4.74 Å². The number of carbonyl (C=O) groups excluding carboxylic acids is 1. The molecule has 0 fully saturated rings. The molecular weight excluding hydrogens is 443 g/mol. The summed E-state index contributed by atoms with van der Waals surface area (Å²) in [6.45, 7) is 6.88. The molecule has 4 aromatic rings. The number of carbonyl (C=O) groups is 1. The number of fused-ring (bicyclic) bond motifs is 2. The maximum Gasteiger partial charge on any atom is 0.306 e. The Hall–Kier alpha value is -3.74. The van der Waals surface area contributed by atoms with E-state index in [1.165, 1.54) is 17.7 Å². The Morgan fingerprint density at radius 1 is 1.23 bits per heavy atom. The smallest absolute Gasteiger partial charge is 0.306 e. The first-order valence-electron chi connectivity index (χ1n) is 12.1. The fourth-order valence-corrected chi connectivity index (χ4v) is 5.05. The number of halogens is 1. The molecule has 1 N–H and O–H groups in total. The van der Waals surface area contributed by atoms with Crippen molar-refractivity contribution in [2.75, 3.05) is 11.9 Å². The van der Waals surface area contributed by atoms with Crippen molar-refractivity contribution >= 4 is 22.7 Å². The fourth-order valence-electron chi connectivity index (χ4n) is 5.05. The molecule has 0 saturated carbocycles. The van der Waals surface area contributed by atoms with E-state index in [0.29, 0.717) is 19.6 Å². The Kier molecular flexibility index (Phi) is 6.24. The summed E-state index contributed by atoms with van der Waals surface area (Å²) >= 11 is 0. The number of nitrogens with one attached hydrogen (secondary N) is 1. The van der Waals surface area contributed by atoms with E-state index >= 15 is 0 Å². The lowest BCUT2D eigenvalue weighted by Crippen LogP contribution is -2.10. The third-order valence-corrected chi connectivity index (χ3v) is 6.79. The zero-order chi connectivity index (χ0) is 24.5. The van der Waals surface area contributed by atoms with Gasteiger partial charge in [-0.1, -0.05) is 12.1 Å². The Balaban J connectivity index is 1.35. The van der Waals surface area contributed by atoms with Crippen molar-refractivity contribution in [3.05, 3.63) is 82.7 Å². The largest absolute Gasteiger partial charge is 0.466 e. The molecule has 1 unspecified atom stereocenters. The molecule has 35 heavy (non-hydrogen) atoms. The van der Waals surface area contributed by atoms with E-state index in [1.54, 1.807) is 6.07 Å².